The first-order valence-electron chi connectivity index (χ1n) is 8.69. The zero-order chi connectivity index (χ0) is 18.8. The van der Waals surface area contributed by atoms with Crippen molar-refractivity contribution in [3.05, 3.63) is 77.4 Å². The number of hydrogen-bond donors (Lipinski definition) is 2. The topological polar surface area (TPSA) is 86.8 Å². The molecule has 4 aromatic rings. The summed E-state index contributed by atoms with van der Waals surface area (Å²) in [5.74, 6) is 0.493. The summed E-state index contributed by atoms with van der Waals surface area (Å²) in [7, 11) is 0. The van der Waals surface area contributed by atoms with E-state index in [2.05, 4.69) is 22.4 Å². The van der Waals surface area contributed by atoms with E-state index in [9.17, 15) is 10.1 Å². The fourth-order valence-electron chi connectivity index (χ4n) is 3.30. The molecule has 0 atom stereocenters. The van der Waals surface area contributed by atoms with Gasteiger partial charge in [-0.3, -0.25) is 9.36 Å². The Labute approximate surface area is 156 Å². The number of H-pyrrole nitrogens is 1. The number of benzene rings is 1. The first kappa shape index (κ1) is 16.7. The van der Waals surface area contributed by atoms with Crippen LogP contribution in [0.2, 0.25) is 0 Å². The molecule has 1 amide bonds. The summed E-state index contributed by atoms with van der Waals surface area (Å²) in [5, 5.41) is 13.6. The van der Waals surface area contributed by atoms with Gasteiger partial charge >= 0.3 is 0 Å². The molecule has 0 spiro atoms. The van der Waals surface area contributed by atoms with Gasteiger partial charge in [-0.05, 0) is 37.1 Å². The predicted octanol–water partition coefficient (Wildman–Crippen LogP) is 3.70. The fourth-order valence-corrected chi connectivity index (χ4v) is 3.30. The van der Waals surface area contributed by atoms with E-state index in [1.807, 2.05) is 36.5 Å². The highest BCUT2D eigenvalue weighted by Gasteiger charge is 2.24. The molecule has 4 rings (SSSR count). The maximum Gasteiger partial charge on any atom is 0.256 e. The standard InChI is InChI=1S/C21H18N4O2/c1-14-19(17(12-22)21(27-14)25-10-4-5-11-25)20(26)23-9-8-15-13-24-18-7-3-2-6-16(15)18/h2-7,10-11,13,24H,8-9H2,1H3,(H,23,26). The molecule has 134 valence electrons. The molecule has 2 N–H and O–H groups in total. The molecule has 0 aliphatic heterocycles. The Balaban J connectivity index is 1.51. The van der Waals surface area contributed by atoms with E-state index in [0.29, 0.717) is 30.2 Å². The van der Waals surface area contributed by atoms with Gasteiger partial charge in [0, 0.05) is 36.0 Å². The monoisotopic (exact) mass is 358 g/mol. The van der Waals surface area contributed by atoms with Gasteiger partial charge in [-0.25, -0.2) is 0 Å². The van der Waals surface area contributed by atoms with Crippen molar-refractivity contribution in [3.63, 3.8) is 0 Å². The Morgan fingerprint density at radius 1 is 1.26 bits per heavy atom. The zero-order valence-electron chi connectivity index (χ0n) is 14.8. The van der Waals surface area contributed by atoms with E-state index in [0.717, 1.165) is 16.5 Å². The van der Waals surface area contributed by atoms with E-state index < -0.39 is 0 Å². The van der Waals surface area contributed by atoms with E-state index in [1.54, 1.807) is 23.9 Å². The third-order valence-corrected chi connectivity index (χ3v) is 4.60. The number of amides is 1. The van der Waals surface area contributed by atoms with Crippen LogP contribution in [0.1, 0.15) is 27.2 Å². The molecule has 27 heavy (non-hydrogen) atoms. The third-order valence-electron chi connectivity index (χ3n) is 4.60. The summed E-state index contributed by atoms with van der Waals surface area (Å²) in [6.07, 6.45) is 6.21. The second kappa shape index (κ2) is 6.89. The molecular weight excluding hydrogens is 340 g/mol. The number of para-hydroxylation sites is 1. The van der Waals surface area contributed by atoms with Gasteiger partial charge in [0.15, 0.2) is 0 Å². The average molecular weight is 358 g/mol. The minimum atomic E-state index is -0.300. The number of carbonyl (C=O) groups excluding carboxylic acids is 1. The Kier molecular flexibility index (Phi) is 4.27. The number of nitriles is 1. The number of aryl methyl sites for hydroxylation is 1. The molecular formula is C21H18N4O2. The largest absolute Gasteiger partial charge is 0.443 e. The lowest BCUT2D eigenvalue weighted by atomic mass is 10.1. The minimum absolute atomic E-state index is 0.244. The second-order valence-corrected chi connectivity index (χ2v) is 6.28. The number of aromatic nitrogens is 2. The molecule has 0 aliphatic rings. The van der Waals surface area contributed by atoms with Crippen molar-refractivity contribution < 1.29 is 9.21 Å². The SMILES string of the molecule is Cc1oc(-n2cccc2)c(C#N)c1C(=O)NCCc1c[nH]c2ccccc12. The average Bonchev–Trinajstić information content (AvgIpc) is 3.40. The second-order valence-electron chi connectivity index (χ2n) is 6.28. The number of nitrogens with zero attached hydrogens (tertiary/aromatic N) is 2. The summed E-state index contributed by atoms with van der Waals surface area (Å²) < 4.78 is 7.38. The highest BCUT2D eigenvalue weighted by molar-refractivity contribution is 5.98. The molecule has 0 bridgehead atoms. The Morgan fingerprint density at radius 2 is 2.04 bits per heavy atom. The predicted molar refractivity (Wildman–Crippen MR) is 102 cm³/mol. The van der Waals surface area contributed by atoms with Gasteiger partial charge in [0.2, 0.25) is 5.88 Å². The Bertz CT molecular complexity index is 1140. The molecule has 0 aliphatic carbocycles. The molecule has 3 aromatic heterocycles. The molecule has 6 heteroatoms. The van der Waals surface area contributed by atoms with Gasteiger partial charge in [0.25, 0.3) is 5.91 Å². The third kappa shape index (κ3) is 3.00. The number of rotatable bonds is 5. The summed E-state index contributed by atoms with van der Waals surface area (Å²) in [6.45, 7) is 2.16. The van der Waals surface area contributed by atoms with Crippen LogP contribution < -0.4 is 5.32 Å². The van der Waals surface area contributed by atoms with Crippen LogP contribution in [-0.4, -0.2) is 22.0 Å². The van der Waals surface area contributed by atoms with Crippen LogP contribution >= 0.6 is 0 Å². The normalized spacial score (nSPS) is 10.8. The molecule has 1 aromatic carbocycles. The van der Waals surface area contributed by atoms with E-state index >= 15 is 0 Å². The first-order chi connectivity index (χ1) is 13.2. The van der Waals surface area contributed by atoms with Crippen LogP contribution in [0, 0.1) is 18.3 Å². The lowest BCUT2D eigenvalue weighted by Gasteiger charge is -2.04. The van der Waals surface area contributed by atoms with Crippen molar-refractivity contribution in [2.24, 2.45) is 0 Å². The lowest BCUT2D eigenvalue weighted by molar-refractivity contribution is 0.0952. The van der Waals surface area contributed by atoms with Crippen molar-refractivity contribution >= 4 is 16.8 Å². The quantitative estimate of drug-likeness (QED) is 0.570. The summed E-state index contributed by atoms with van der Waals surface area (Å²) >= 11 is 0. The molecule has 3 heterocycles. The molecule has 0 fully saturated rings. The highest BCUT2D eigenvalue weighted by Crippen LogP contribution is 2.25. The van der Waals surface area contributed by atoms with Gasteiger partial charge < -0.3 is 14.7 Å². The highest BCUT2D eigenvalue weighted by atomic mass is 16.4. The van der Waals surface area contributed by atoms with E-state index in [1.165, 1.54) is 0 Å². The van der Waals surface area contributed by atoms with Crippen molar-refractivity contribution in [3.8, 4) is 12.0 Å². The molecule has 0 saturated heterocycles. The number of aromatic amines is 1. The van der Waals surface area contributed by atoms with Crippen molar-refractivity contribution in [2.75, 3.05) is 6.54 Å². The van der Waals surface area contributed by atoms with Gasteiger partial charge in [0.1, 0.15) is 23.0 Å². The number of fused-ring (bicyclic) bond motifs is 1. The van der Waals surface area contributed by atoms with Gasteiger partial charge in [-0.2, -0.15) is 5.26 Å². The van der Waals surface area contributed by atoms with Gasteiger partial charge in [-0.15, -0.1) is 0 Å². The number of hydrogen-bond acceptors (Lipinski definition) is 3. The van der Waals surface area contributed by atoms with Crippen LogP contribution in [0.25, 0.3) is 16.8 Å². The smallest absolute Gasteiger partial charge is 0.256 e. The van der Waals surface area contributed by atoms with Crippen molar-refractivity contribution in [1.82, 2.24) is 14.9 Å². The van der Waals surface area contributed by atoms with Crippen LogP contribution in [0.15, 0.2) is 59.4 Å². The summed E-state index contributed by atoms with van der Waals surface area (Å²) in [6, 6.07) is 13.8. The first-order valence-corrected chi connectivity index (χ1v) is 8.69. The van der Waals surface area contributed by atoms with Crippen LogP contribution in [0.3, 0.4) is 0 Å². The van der Waals surface area contributed by atoms with Crippen molar-refractivity contribution in [1.29, 1.82) is 5.26 Å². The summed E-state index contributed by atoms with van der Waals surface area (Å²) in [5.41, 5.74) is 2.75. The zero-order valence-corrected chi connectivity index (χ0v) is 14.8. The lowest BCUT2D eigenvalue weighted by Crippen LogP contribution is -2.26. The van der Waals surface area contributed by atoms with Gasteiger partial charge in [0.05, 0.1) is 0 Å². The van der Waals surface area contributed by atoms with Gasteiger partial charge in [-0.1, -0.05) is 18.2 Å². The van der Waals surface area contributed by atoms with Crippen LogP contribution in [0.5, 0.6) is 0 Å². The van der Waals surface area contributed by atoms with Crippen molar-refractivity contribution in [2.45, 2.75) is 13.3 Å². The number of carbonyl (C=O) groups is 1. The fraction of sp³-hybridized carbons (Fsp3) is 0.143. The maximum absolute atomic E-state index is 12.7. The van der Waals surface area contributed by atoms with E-state index in [4.69, 9.17) is 4.42 Å². The molecule has 6 nitrogen and oxygen atoms in total. The minimum Gasteiger partial charge on any atom is -0.443 e. The Morgan fingerprint density at radius 3 is 2.81 bits per heavy atom. The number of furan rings is 1. The number of nitrogens with one attached hydrogen (secondary N) is 2. The van der Waals surface area contributed by atoms with Crippen LogP contribution in [-0.2, 0) is 6.42 Å². The molecule has 0 unspecified atom stereocenters. The summed E-state index contributed by atoms with van der Waals surface area (Å²) in [4.78, 5) is 15.9. The maximum atomic E-state index is 12.7. The Hall–Kier alpha value is -3.72. The van der Waals surface area contributed by atoms with Crippen LogP contribution in [0.4, 0.5) is 0 Å². The molecule has 0 saturated carbocycles. The molecule has 0 radical (unpaired) electrons. The van der Waals surface area contributed by atoms with E-state index in [-0.39, 0.29) is 11.5 Å².